The number of furan rings is 1. The fraction of sp³-hybridized carbons (Fsp3) is 0.300. The van der Waals surface area contributed by atoms with Crippen molar-refractivity contribution < 1.29 is 8.83 Å². The lowest BCUT2D eigenvalue weighted by atomic mass is 10.4. The van der Waals surface area contributed by atoms with Gasteiger partial charge in [-0.3, -0.25) is 0 Å². The van der Waals surface area contributed by atoms with Crippen molar-refractivity contribution in [3.63, 3.8) is 0 Å². The monoisotopic (exact) mass is 287 g/mol. The van der Waals surface area contributed by atoms with Crippen molar-refractivity contribution >= 4 is 45.2 Å². The molecule has 1 N–H and O–H groups in total. The van der Waals surface area contributed by atoms with Crippen LogP contribution in [0.3, 0.4) is 0 Å². The summed E-state index contributed by atoms with van der Waals surface area (Å²) < 4.78 is 12.3. The molecule has 0 bridgehead atoms. The van der Waals surface area contributed by atoms with E-state index in [2.05, 4.69) is 28.2 Å². The van der Waals surface area contributed by atoms with Crippen LogP contribution in [0.15, 0.2) is 25.6 Å². The standard InChI is InChI=1S/C10H10BrNO2S/c1-2-3-12-8-4-7(15)10-9(14-8)6(11)5-13-10/h4-5,12H,2-3H2,1H3. The van der Waals surface area contributed by atoms with E-state index in [-0.39, 0.29) is 0 Å². The third-order valence-electron chi connectivity index (χ3n) is 1.95. The Morgan fingerprint density at radius 3 is 3.00 bits per heavy atom. The summed E-state index contributed by atoms with van der Waals surface area (Å²) in [5, 5.41) is 3.15. The van der Waals surface area contributed by atoms with Gasteiger partial charge in [0.05, 0.1) is 8.98 Å². The highest BCUT2D eigenvalue weighted by Crippen LogP contribution is 2.29. The molecule has 2 aromatic rings. The van der Waals surface area contributed by atoms with Crippen LogP contribution >= 0.6 is 28.1 Å². The molecule has 0 fully saturated rings. The summed E-state index contributed by atoms with van der Waals surface area (Å²) in [5.74, 6) is 0.677. The average molecular weight is 288 g/mol. The maximum absolute atomic E-state index is 5.60. The van der Waals surface area contributed by atoms with Gasteiger partial charge < -0.3 is 14.2 Å². The highest BCUT2D eigenvalue weighted by atomic mass is 79.9. The Labute approximate surface area is 101 Å². The zero-order chi connectivity index (χ0) is 10.8. The van der Waals surface area contributed by atoms with E-state index in [9.17, 15) is 0 Å². The van der Waals surface area contributed by atoms with Crippen molar-refractivity contribution in [1.29, 1.82) is 0 Å². The van der Waals surface area contributed by atoms with Crippen LogP contribution in [0, 0.1) is 4.51 Å². The van der Waals surface area contributed by atoms with Crippen LogP contribution in [0.1, 0.15) is 13.3 Å². The minimum absolute atomic E-state index is 0.610. The van der Waals surface area contributed by atoms with Crippen molar-refractivity contribution in [1.82, 2.24) is 0 Å². The number of anilines is 1. The van der Waals surface area contributed by atoms with Crippen LogP contribution in [0.4, 0.5) is 5.88 Å². The Morgan fingerprint density at radius 1 is 1.47 bits per heavy atom. The smallest absolute Gasteiger partial charge is 0.195 e. The van der Waals surface area contributed by atoms with Gasteiger partial charge in [-0.2, -0.15) is 0 Å². The number of fused-ring (bicyclic) bond motifs is 1. The molecule has 2 rings (SSSR count). The molecule has 0 radical (unpaired) electrons. The predicted octanol–water partition coefficient (Wildman–Crippen LogP) is 4.34. The average Bonchev–Trinajstić information content (AvgIpc) is 2.58. The second kappa shape index (κ2) is 4.37. The van der Waals surface area contributed by atoms with Gasteiger partial charge in [0.1, 0.15) is 6.26 Å². The van der Waals surface area contributed by atoms with Crippen LogP contribution in [0.25, 0.3) is 11.2 Å². The SMILES string of the molecule is CCCNc1cc(=S)c2occ(Br)c2o1. The molecule has 15 heavy (non-hydrogen) atoms. The van der Waals surface area contributed by atoms with Gasteiger partial charge in [-0.15, -0.1) is 0 Å². The molecular formula is C10H10BrNO2S. The van der Waals surface area contributed by atoms with E-state index in [0.717, 1.165) is 17.4 Å². The molecule has 80 valence electrons. The van der Waals surface area contributed by atoms with Gasteiger partial charge >= 0.3 is 0 Å². The van der Waals surface area contributed by atoms with E-state index in [4.69, 9.17) is 21.1 Å². The topological polar surface area (TPSA) is 38.3 Å². The van der Waals surface area contributed by atoms with Crippen LogP contribution in [-0.4, -0.2) is 6.54 Å². The summed E-state index contributed by atoms with van der Waals surface area (Å²) >= 11 is 8.53. The molecule has 0 amide bonds. The van der Waals surface area contributed by atoms with Crippen molar-refractivity contribution in [2.45, 2.75) is 13.3 Å². The summed E-state index contributed by atoms with van der Waals surface area (Å²) in [7, 11) is 0. The van der Waals surface area contributed by atoms with Crippen molar-refractivity contribution in [2.75, 3.05) is 11.9 Å². The van der Waals surface area contributed by atoms with E-state index in [1.165, 1.54) is 0 Å². The fourth-order valence-corrected chi connectivity index (χ4v) is 1.85. The molecule has 0 atom stereocenters. The first-order valence-electron chi connectivity index (χ1n) is 4.67. The van der Waals surface area contributed by atoms with Gasteiger partial charge in [0, 0.05) is 12.6 Å². The minimum Gasteiger partial charge on any atom is -0.458 e. The lowest BCUT2D eigenvalue weighted by Gasteiger charge is -2.02. The van der Waals surface area contributed by atoms with Gasteiger partial charge in [0.15, 0.2) is 17.1 Å². The normalized spacial score (nSPS) is 10.8. The zero-order valence-electron chi connectivity index (χ0n) is 8.17. The molecule has 0 unspecified atom stereocenters. The van der Waals surface area contributed by atoms with Gasteiger partial charge in [-0.25, -0.2) is 0 Å². The van der Waals surface area contributed by atoms with Gasteiger partial charge in [0.25, 0.3) is 0 Å². The molecular weight excluding hydrogens is 278 g/mol. The van der Waals surface area contributed by atoms with Gasteiger partial charge in [0.2, 0.25) is 0 Å². The van der Waals surface area contributed by atoms with E-state index < -0.39 is 0 Å². The van der Waals surface area contributed by atoms with Gasteiger partial charge in [-0.05, 0) is 22.4 Å². The molecule has 0 aliphatic heterocycles. The first-order valence-corrected chi connectivity index (χ1v) is 5.87. The van der Waals surface area contributed by atoms with Crippen LogP contribution < -0.4 is 5.32 Å². The summed E-state index contributed by atoms with van der Waals surface area (Å²) in [6.07, 6.45) is 2.61. The largest absolute Gasteiger partial charge is 0.458 e. The Bertz CT molecular complexity index is 532. The number of rotatable bonds is 3. The van der Waals surface area contributed by atoms with E-state index in [1.807, 2.05) is 0 Å². The Hall–Kier alpha value is -0.810. The molecule has 0 saturated heterocycles. The highest BCUT2D eigenvalue weighted by Gasteiger charge is 2.09. The van der Waals surface area contributed by atoms with Crippen molar-refractivity contribution in [2.24, 2.45) is 0 Å². The molecule has 0 saturated carbocycles. The third-order valence-corrected chi connectivity index (χ3v) is 2.80. The zero-order valence-corrected chi connectivity index (χ0v) is 10.6. The molecule has 2 aromatic heterocycles. The summed E-state index contributed by atoms with van der Waals surface area (Å²) in [5.41, 5.74) is 1.26. The number of halogens is 1. The lowest BCUT2D eigenvalue weighted by Crippen LogP contribution is -1.99. The quantitative estimate of drug-likeness (QED) is 0.853. The predicted molar refractivity (Wildman–Crippen MR) is 65.8 cm³/mol. The summed E-state index contributed by atoms with van der Waals surface area (Å²) in [6, 6.07) is 1.77. The summed E-state index contributed by atoms with van der Waals surface area (Å²) in [6.45, 7) is 2.95. The van der Waals surface area contributed by atoms with Crippen LogP contribution in [0.2, 0.25) is 0 Å². The molecule has 0 aromatic carbocycles. The Balaban J connectivity index is 2.50. The van der Waals surface area contributed by atoms with Gasteiger partial charge in [-0.1, -0.05) is 19.1 Å². The second-order valence-corrected chi connectivity index (χ2v) is 4.44. The lowest BCUT2D eigenvalue weighted by molar-refractivity contribution is 0.587. The third kappa shape index (κ3) is 2.08. The van der Waals surface area contributed by atoms with Crippen LogP contribution in [0.5, 0.6) is 0 Å². The maximum atomic E-state index is 5.60. The maximum Gasteiger partial charge on any atom is 0.195 e. The first-order chi connectivity index (χ1) is 7.22. The van der Waals surface area contributed by atoms with E-state index >= 15 is 0 Å². The minimum atomic E-state index is 0.610. The van der Waals surface area contributed by atoms with Crippen molar-refractivity contribution in [3.05, 3.63) is 21.3 Å². The molecule has 0 spiro atoms. The number of hydrogen-bond acceptors (Lipinski definition) is 4. The highest BCUT2D eigenvalue weighted by molar-refractivity contribution is 9.10. The Kier molecular flexibility index (Phi) is 3.11. The first kappa shape index (κ1) is 10.7. The molecule has 2 heterocycles. The second-order valence-electron chi connectivity index (χ2n) is 3.14. The number of hydrogen-bond donors (Lipinski definition) is 1. The molecule has 0 aliphatic carbocycles. The van der Waals surface area contributed by atoms with Crippen LogP contribution in [-0.2, 0) is 0 Å². The van der Waals surface area contributed by atoms with E-state index in [1.54, 1.807) is 12.3 Å². The van der Waals surface area contributed by atoms with Crippen molar-refractivity contribution in [3.8, 4) is 0 Å². The Morgan fingerprint density at radius 2 is 2.27 bits per heavy atom. The fourth-order valence-electron chi connectivity index (χ4n) is 1.25. The molecule has 5 heteroatoms. The van der Waals surface area contributed by atoms with E-state index in [0.29, 0.717) is 21.6 Å². The molecule has 3 nitrogen and oxygen atoms in total. The molecule has 0 aliphatic rings. The summed E-state index contributed by atoms with van der Waals surface area (Å²) in [4.78, 5) is 0. The number of nitrogens with one attached hydrogen (secondary N) is 1.